The van der Waals surface area contributed by atoms with Gasteiger partial charge in [-0.05, 0) is 43.9 Å². The molecule has 2 heterocycles. The fraction of sp³-hybridized carbons (Fsp3) is 0.656. The Morgan fingerprint density at radius 2 is 1.73 bits per heavy atom. The summed E-state index contributed by atoms with van der Waals surface area (Å²) < 4.78 is 16.4. The Balaban J connectivity index is 1.48. The number of thiazole rings is 1. The Bertz CT molecular complexity index is 1150. The number of carbonyl (C=O) groups excluding carboxylic acids is 2. The summed E-state index contributed by atoms with van der Waals surface area (Å²) >= 11 is 1.61. The Hall–Kier alpha value is -2.45. The molecular formula is C32H51N5O6S. The van der Waals surface area contributed by atoms with Crippen molar-refractivity contribution in [1.82, 2.24) is 25.8 Å². The number of carbonyl (C=O) groups is 2. The van der Waals surface area contributed by atoms with Gasteiger partial charge in [0.05, 0.1) is 67.3 Å². The van der Waals surface area contributed by atoms with Gasteiger partial charge in [-0.2, -0.15) is 0 Å². The van der Waals surface area contributed by atoms with Crippen LogP contribution in [-0.4, -0.2) is 111 Å². The van der Waals surface area contributed by atoms with E-state index in [1.54, 1.807) is 11.3 Å². The lowest BCUT2D eigenvalue weighted by molar-refractivity contribution is -0.128. The third-order valence-corrected chi connectivity index (χ3v) is 8.71. The van der Waals surface area contributed by atoms with Gasteiger partial charge < -0.3 is 35.3 Å². The van der Waals surface area contributed by atoms with Crippen molar-refractivity contribution in [3.05, 3.63) is 41.0 Å². The maximum Gasteiger partial charge on any atom is 0.246 e. The first-order chi connectivity index (χ1) is 21.0. The van der Waals surface area contributed by atoms with Gasteiger partial charge in [0.1, 0.15) is 6.61 Å². The normalized spacial score (nSPS) is 18.7. The van der Waals surface area contributed by atoms with Crippen molar-refractivity contribution in [3.8, 4) is 10.4 Å². The summed E-state index contributed by atoms with van der Waals surface area (Å²) in [5.74, 6) is -0.363. The summed E-state index contributed by atoms with van der Waals surface area (Å²) in [6.45, 7) is 13.9. The lowest BCUT2D eigenvalue weighted by Crippen LogP contribution is -2.54. The van der Waals surface area contributed by atoms with E-state index in [2.05, 4.69) is 33.1 Å². The summed E-state index contributed by atoms with van der Waals surface area (Å²) in [6.07, 6.45) is -0.271. The number of β-amino-alcohol motifs (C(OH)–C–C–N with tert-alkyl or cyclic N) is 1. The summed E-state index contributed by atoms with van der Waals surface area (Å²) in [5, 5.41) is 19.7. The number of hydrogen-bond donors (Lipinski definition) is 4. The molecule has 0 saturated carbocycles. The Morgan fingerprint density at radius 1 is 1.07 bits per heavy atom. The van der Waals surface area contributed by atoms with E-state index in [9.17, 15) is 14.7 Å². The maximum atomic E-state index is 13.5. The van der Waals surface area contributed by atoms with Gasteiger partial charge in [0.25, 0.3) is 0 Å². The first-order valence-electron chi connectivity index (χ1n) is 15.4. The number of amides is 2. The highest BCUT2D eigenvalue weighted by Gasteiger charge is 2.39. The number of likely N-dealkylation sites (N-methyl/N-ethyl adjacent to an activating group) is 1. The minimum absolute atomic E-state index is 0.0833. The van der Waals surface area contributed by atoms with E-state index in [0.717, 1.165) is 28.2 Å². The second kappa shape index (κ2) is 17.9. The van der Waals surface area contributed by atoms with E-state index < -0.39 is 12.1 Å². The largest absolute Gasteiger partial charge is 0.392 e. The van der Waals surface area contributed by atoms with Crippen LogP contribution in [0, 0.1) is 12.3 Å². The van der Waals surface area contributed by atoms with Gasteiger partial charge in [-0.1, -0.05) is 45.0 Å². The first kappa shape index (κ1) is 36.0. The number of aryl methyl sites for hydroxylation is 1. The number of likely N-dealkylation sites (tertiary alicyclic amines) is 1. The number of aliphatic hydroxyl groups is 1. The molecule has 0 aliphatic carbocycles. The minimum atomic E-state index is -0.614. The van der Waals surface area contributed by atoms with Crippen LogP contribution in [0.3, 0.4) is 0 Å². The van der Waals surface area contributed by atoms with Crippen molar-refractivity contribution in [3.63, 3.8) is 0 Å². The number of aliphatic hydroxyl groups excluding tert-OH is 1. The number of benzene rings is 1. The first-order valence-corrected chi connectivity index (χ1v) is 16.3. The summed E-state index contributed by atoms with van der Waals surface area (Å²) in [7, 11) is 1.87. The molecule has 1 aliphatic heterocycles. The zero-order valence-electron chi connectivity index (χ0n) is 27.1. The Morgan fingerprint density at radius 3 is 2.34 bits per heavy atom. The van der Waals surface area contributed by atoms with Gasteiger partial charge in [0.15, 0.2) is 0 Å². The average Bonchev–Trinajstić information content (AvgIpc) is 3.57. The summed E-state index contributed by atoms with van der Waals surface area (Å²) in [6, 6.07) is 7.21. The van der Waals surface area contributed by atoms with E-state index in [1.807, 2.05) is 64.2 Å². The molecule has 1 aromatic heterocycles. The van der Waals surface area contributed by atoms with Crippen molar-refractivity contribution in [1.29, 1.82) is 0 Å². The van der Waals surface area contributed by atoms with Crippen LogP contribution in [0.1, 0.15) is 51.4 Å². The van der Waals surface area contributed by atoms with Crippen molar-refractivity contribution in [2.75, 3.05) is 66.3 Å². The number of nitrogens with one attached hydrogen (secondary N) is 3. The molecule has 1 fully saturated rings. The van der Waals surface area contributed by atoms with E-state index in [4.69, 9.17) is 14.2 Å². The average molecular weight is 634 g/mol. The third-order valence-electron chi connectivity index (χ3n) is 7.73. The van der Waals surface area contributed by atoms with Crippen LogP contribution in [-0.2, 0) is 23.8 Å². The van der Waals surface area contributed by atoms with Gasteiger partial charge in [-0.15, -0.1) is 11.3 Å². The van der Waals surface area contributed by atoms with Crippen LogP contribution in [0.5, 0.6) is 0 Å². The Kier molecular flexibility index (Phi) is 14.6. The highest BCUT2D eigenvalue weighted by atomic mass is 32.1. The number of nitrogens with zero attached hydrogens (tertiary/aromatic N) is 2. The predicted molar refractivity (Wildman–Crippen MR) is 173 cm³/mol. The van der Waals surface area contributed by atoms with Crippen LogP contribution in [0.2, 0.25) is 0 Å². The van der Waals surface area contributed by atoms with Gasteiger partial charge in [-0.3, -0.25) is 14.5 Å². The van der Waals surface area contributed by atoms with Crippen LogP contribution in [0.25, 0.3) is 10.4 Å². The minimum Gasteiger partial charge on any atom is -0.392 e. The topological polar surface area (TPSA) is 134 Å². The number of rotatable bonds is 18. The molecule has 44 heavy (non-hydrogen) atoms. The molecule has 4 atom stereocenters. The lowest BCUT2D eigenvalue weighted by atomic mass is 9.86. The van der Waals surface area contributed by atoms with E-state index in [1.165, 1.54) is 0 Å². The molecule has 2 aromatic rings. The molecule has 11 nitrogen and oxygen atoms in total. The third kappa shape index (κ3) is 11.5. The summed E-state index contributed by atoms with van der Waals surface area (Å²) in [5.41, 5.74) is 4.66. The van der Waals surface area contributed by atoms with Gasteiger partial charge in [0.2, 0.25) is 11.8 Å². The quantitative estimate of drug-likeness (QED) is 0.183. The standard InChI is InChI=1S/C32H51N5O6S/c1-22(24-7-9-25(10-8-24)30-23(2)34-21-44-30)35-31(40)27-17-26(38)18-37(27)19-28(32(3,4)5)36-29(39)20-43-16-15-42-14-13-41-12-11-33-6/h7-10,21-22,26-28,33,38H,11-20H2,1-6H3,(H,35,40)(H,36,39)/t22-,26+,27-,28+/m0/s1. The lowest BCUT2D eigenvalue weighted by Gasteiger charge is -2.36. The highest BCUT2D eigenvalue weighted by Crippen LogP contribution is 2.29. The number of ether oxygens (including phenoxy) is 3. The van der Waals surface area contributed by atoms with Crippen molar-refractivity contribution >= 4 is 23.2 Å². The van der Waals surface area contributed by atoms with Crippen LogP contribution in [0.15, 0.2) is 29.8 Å². The number of aromatic nitrogens is 1. The molecule has 0 bridgehead atoms. The monoisotopic (exact) mass is 633 g/mol. The molecule has 0 spiro atoms. The molecule has 0 unspecified atom stereocenters. The smallest absolute Gasteiger partial charge is 0.246 e. The molecule has 1 aromatic carbocycles. The summed E-state index contributed by atoms with van der Waals surface area (Å²) in [4.78, 5) is 33.7. The van der Waals surface area contributed by atoms with Crippen molar-refractivity contribution in [2.24, 2.45) is 5.41 Å². The molecule has 246 valence electrons. The molecule has 1 aliphatic rings. The van der Waals surface area contributed by atoms with E-state index >= 15 is 0 Å². The molecular weight excluding hydrogens is 582 g/mol. The van der Waals surface area contributed by atoms with Crippen LogP contribution < -0.4 is 16.0 Å². The zero-order chi connectivity index (χ0) is 32.1. The van der Waals surface area contributed by atoms with Gasteiger partial charge in [0, 0.05) is 25.7 Å². The molecule has 2 amide bonds. The fourth-order valence-electron chi connectivity index (χ4n) is 5.03. The van der Waals surface area contributed by atoms with E-state index in [-0.39, 0.29) is 35.9 Å². The highest BCUT2D eigenvalue weighted by molar-refractivity contribution is 7.13. The molecule has 1 saturated heterocycles. The fourth-order valence-corrected chi connectivity index (χ4v) is 5.85. The van der Waals surface area contributed by atoms with E-state index in [0.29, 0.717) is 52.5 Å². The Labute approximate surface area is 266 Å². The maximum absolute atomic E-state index is 13.5. The SMILES string of the molecule is CNCCOCCOCCOCC(=O)N[C@H](CN1C[C@H](O)C[C@H]1C(=O)N[C@@H](C)c1ccc(-c2scnc2C)cc1)C(C)(C)C. The van der Waals surface area contributed by atoms with Crippen LogP contribution in [0.4, 0.5) is 0 Å². The molecule has 12 heteroatoms. The molecule has 0 radical (unpaired) electrons. The molecule has 3 rings (SSSR count). The van der Waals surface area contributed by atoms with Gasteiger partial charge in [-0.25, -0.2) is 4.98 Å². The van der Waals surface area contributed by atoms with Crippen LogP contribution >= 0.6 is 11.3 Å². The second-order valence-corrected chi connectivity index (χ2v) is 13.2. The predicted octanol–water partition coefficient (Wildman–Crippen LogP) is 2.53. The van der Waals surface area contributed by atoms with Crippen molar-refractivity contribution in [2.45, 2.75) is 65.3 Å². The zero-order valence-corrected chi connectivity index (χ0v) is 27.9. The number of hydrogen-bond acceptors (Lipinski definition) is 10. The molecule has 4 N–H and O–H groups in total. The van der Waals surface area contributed by atoms with Gasteiger partial charge >= 0.3 is 0 Å². The second-order valence-electron chi connectivity index (χ2n) is 12.3. The van der Waals surface area contributed by atoms with Crippen molar-refractivity contribution < 1.29 is 28.9 Å².